The number of amidine groups is 1. The maximum absolute atomic E-state index is 11.7. The van der Waals surface area contributed by atoms with Crippen LogP contribution in [0.4, 0.5) is 5.69 Å². The summed E-state index contributed by atoms with van der Waals surface area (Å²) < 4.78 is 5.24. The van der Waals surface area contributed by atoms with Crippen LogP contribution in [-0.2, 0) is 9.53 Å². The van der Waals surface area contributed by atoms with Gasteiger partial charge in [-0.05, 0) is 18.6 Å². The van der Waals surface area contributed by atoms with Gasteiger partial charge < -0.3 is 21.0 Å². The zero-order valence-corrected chi connectivity index (χ0v) is 10.9. The van der Waals surface area contributed by atoms with Gasteiger partial charge in [-0.2, -0.15) is 0 Å². The number of oxime groups is 1. The predicted molar refractivity (Wildman–Crippen MR) is 73.3 cm³/mol. The first kappa shape index (κ1) is 15.0. The molecule has 0 aromatic heterocycles. The number of hydrogen-bond donors (Lipinski definition) is 3. The van der Waals surface area contributed by atoms with E-state index in [1.54, 1.807) is 24.3 Å². The first-order valence-electron chi connectivity index (χ1n) is 6.13. The molecule has 1 aromatic rings. The molecule has 0 aliphatic rings. The van der Waals surface area contributed by atoms with Crippen LogP contribution in [0.1, 0.15) is 25.3 Å². The smallest absolute Gasteiger partial charge is 0.226 e. The summed E-state index contributed by atoms with van der Waals surface area (Å²) in [5, 5.41) is 14.3. The van der Waals surface area contributed by atoms with E-state index < -0.39 is 0 Å². The summed E-state index contributed by atoms with van der Waals surface area (Å²) in [5.74, 6) is -0.215. The Hall–Kier alpha value is -2.08. The zero-order valence-electron chi connectivity index (χ0n) is 10.9. The van der Waals surface area contributed by atoms with Gasteiger partial charge in [-0.25, -0.2) is 0 Å². The van der Waals surface area contributed by atoms with Gasteiger partial charge in [-0.3, -0.25) is 4.79 Å². The monoisotopic (exact) mass is 265 g/mol. The molecule has 0 aliphatic carbocycles. The summed E-state index contributed by atoms with van der Waals surface area (Å²) in [6.45, 7) is 3.03. The van der Waals surface area contributed by atoms with Crippen molar-refractivity contribution in [2.45, 2.75) is 19.8 Å². The van der Waals surface area contributed by atoms with Crippen LogP contribution in [0.25, 0.3) is 0 Å². The van der Waals surface area contributed by atoms with Crippen molar-refractivity contribution in [2.75, 3.05) is 18.5 Å². The third kappa shape index (κ3) is 4.97. The molecule has 0 heterocycles. The third-order valence-electron chi connectivity index (χ3n) is 2.41. The number of para-hydroxylation sites is 1. The van der Waals surface area contributed by atoms with Crippen molar-refractivity contribution in [3.8, 4) is 0 Å². The lowest BCUT2D eigenvalue weighted by molar-refractivity contribution is -0.117. The Balaban J connectivity index is 2.59. The van der Waals surface area contributed by atoms with E-state index >= 15 is 0 Å². The van der Waals surface area contributed by atoms with Crippen molar-refractivity contribution >= 4 is 17.4 Å². The van der Waals surface area contributed by atoms with Crippen LogP contribution >= 0.6 is 0 Å². The number of benzene rings is 1. The molecule has 0 atom stereocenters. The molecule has 1 rings (SSSR count). The summed E-state index contributed by atoms with van der Waals surface area (Å²) in [4.78, 5) is 11.7. The molecule has 6 heteroatoms. The number of ether oxygens (including phenoxy) is 1. The Labute approximate surface area is 112 Å². The highest BCUT2D eigenvalue weighted by molar-refractivity contribution is 6.05. The third-order valence-corrected chi connectivity index (χ3v) is 2.41. The topological polar surface area (TPSA) is 96.9 Å². The second-order valence-corrected chi connectivity index (χ2v) is 3.94. The molecular formula is C13H19N3O3. The van der Waals surface area contributed by atoms with Crippen LogP contribution in [0.2, 0.25) is 0 Å². The fourth-order valence-electron chi connectivity index (χ4n) is 1.49. The van der Waals surface area contributed by atoms with Crippen molar-refractivity contribution in [1.29, 1.82) is 0 Å². The highest BCUT2D eigenvalue weighted by Crippen LogP contribution is 2.14. The van der Waals surface area contributed by atoms with E-state index in [1.165, 1.54) is 0 Å². The van der Waals surface area contributed by atoms with E-state index in [-0.39, 0.29) is 18.2 Å². The fraction of sp³-hybridized carbons (Fsp3) is 0.385. The molecule has 0 bridgehead atoms. The van der Waals surface area contributed by atoms with Gasteiger partial charge in [0.15, 0.2) is 5.84 Å². The molecule has 19 heavy (non-hydrogen) atoms. The SMILES string of the molecule is CCCOCCC(=O)Nc1ccccc1C(N)=NO. The average Bonchev–Trinajstić information content (AvgIpc) is 2.43. The molecule has 1 aromatic carbocycles. The van der Waals surface area contributed by atoms with Gasteiger partial charge in [0.25, 0.3) is 0 Å². The molecule has 0 spiro atoms. The molecule has 1 amide bonds. The zero-order chi connectivity index (χ0) is 14.1. The van der Waals surface area contributed by atoms with E-state index in [0.717, 1.165) is 6.42 Å². The van der Waals surface area contributed by atoms with E-state index in [9.17, 15) is 4.79 Å². The predicted octanol–water partition coefficient (Wildman–Crippen LogP) is 1.54. The van der Waals surface area contributed by atoms with Gasteiger partial charge in [0.2, 0.25) is 5.91 Å². The van der Waals surface area contributed by atoms with E-state index in [2.05, 4.69) is 10.5 Å². The summed E-state index contributed by atoms with van der Waals surface area (Å²) in [5.41, 5.74) is 6.53. The Morgan fingerprint density at radius 1 is 1.42 bits per heavy atom. The molecule has 0 fully saturated rings. The number of rotatable bonds is 7. The lowest BCUT2D eigenvalue weighted by atomic mass is 10.1. The molecule has 6 nitrogen and oxygen atoms in total. The maximum atomic E-state index is 11.7. The summed E-state index contributed by atoms with van der Waals surface area (Å²) in [6.07, 6.45) is 1.19. The number of amides is 1. The van der Waals surface area contributed by atoms with E-state index in [0.29, 0.717) is 24.5 Å². The molecular weight excluding hydrogens is 246 g/mol. The molecule has 0 saturated carbocycles. The first-order chi connectivity index (χ1) is 9.19. The standard InChI is InChI=1S/C13H19N3O3/c1-2-8-19-9-7-12(17)15-11-6-4-3-5-10(11)13(14)16-18/h3-6,18H,2,7-9H2,1H3,(H2,14,16)(H,15,17). The van der Waals surface area contributed by atoms with E-state index in [4.69, 9.17) is 15.7 Å². The van der Waals surface area contributed by atoms with Crippen LogP contribution in [0.3, 0.4) is 0 Å². The van der Waals surface area contributed by atoms with Gasteiger partial charge >= 0.3 is 0 Å². The number of nitrogens with zero attached hydrogens (tertiary/aromatic N) is 1. The first-order valence-corrected chi connectivity index (χ1v) is 6.13. The average molecular weight is 265 g/mol. The second kappa shape index (κ2) is 8.10. The van der Waals surface area contributed by atoms with Crippen molar-refractivity contribution in [3.05, 3.63) is 29.8 Å². The Bertz CT molecular complexity index is 447. The Kier molecular flexibility index (Phi) is 6.38. The van der Waals surface area contributed by atoms with Gasteiger partial charge in [-0.1, -0.05) is 24.2 Å². The van der Waals surface area contributed by atoms with Crippen molar-refractivity contribution in [2.24, 2.45) is 10.9 Å². The quantitative estimate of drug-likeness (QED) is 0.229. The summed E-state index contributed by atoms with van der Waals surface area (Å²) in [6, 6.07) is 6.86. The molecule has 0 saturated heterocycles. The minimum atomic E-state index is -0.172. The maximum Gasteiger partial charge on any atom is 0.226 e. The molecule has 104 valence electrons. The number of nitrogens with two attached hydrogens (primary N) is 1. The Morgan fingerprint density at radius 3 is 2.84 bits per heavy atom. The normalized spacial score (nSPS) is 11.3. The minimum absolute atomic E-state index is 0.0434. The van der Waals surface area contributed by atoms with Crippen LogP contribution in [0.5, 0.6) is 0 Å². The summed E-state index contributed by atoms with van der Waals surface area (Å²) in [7, 11) is 0. The highest BCUT2D eigenvalue weighted by Gasteiger charge is 2.09. The van der Waals surface area contributed by atoms with Crippen molar-refractivity contribution in [3.63, 3.8) is 0 Å². The van der Waals surface area contributed by atoms with Crippen LogP contribution < -0.4 is 11.1 Å². The number of carbonyl (C=O) groups excluding carboxylic acids is 1. The lowest BCUT2D eigenvalue weighted by Crippen LogP contribution is -2.19. The van der Waals surface area contributed by atoms with Gasteiger partial charge in [0.1, 0.15) is 0 Å². The fourth-order valence-corrected chi connectivity index (χ4v) is 1.49. The number of anilines is 1. The van der Waals surface area contributed by atoms with Crippen LogP contribution in [0.15, 0.2) is 29.4 Å². The number of nitrogens with one attached hydrogen (secondary N) is 1. The van der Waals surface area contributed by atoms with Crippen LogP contribution in [-0.4, -0.2) is 30.2 Å². The summed E-state index contributed by atoms with van der Waals surface area (Å²) >= 11 is 0. The second-order valence-electron chi connectivity index (χ2n) is 3.94. The molecule has 0 radical (unpaired) electrons. The molecule has 0 aliphatic heterocycles. The number of carbonyl (C=O) groups is 1. The van der Waals surface area contributed by atoms with E-state index in [1.807, 2.05) is 6.92 Å². The van der Waals surface area contributed by atoms with Crippen molar-refractivity contribution < 1.29 is 14.7 Å². The number of hydrogen-bond acceptors (Lipinski definition) is 4. The lowest BCUT2D eigenvalue weighted by Gasteiger charge is -2.10. The van der Waals surface area contributed by atoms with Gasteiger partial charge in [0.05, 0.1) is 18.7 Å². The van der Waals surface area contributed by atoms with Crippen LogP contribution in [0, 0.1) is 0 Å². The largest absolute Gasteiger partial charge is 0.409 e. The van der Waals surface area contributed by atoms with Gasteiger partial charge in [-0.15, -0.1) is 0 Å². The minimum Gasteiger partial charge on any atom is -0.409 e. The van der Waals surface area contributed by atoms with Gasteiger partial charge in [0, 0.05) is 12.2 Å². The molecule has 0 unspecified atom stereocenters. The van der Waals surface area contributed by atoms with Crippen molar-refractivity contribution in [1.82, 2.24) is 0 Å². The molecule has 4 N–H and O–H groups in total. The highest BCUT2D eigenvalue weighted by atomic mass is 16.5. The Morgan fingerprint density at radius 2 is 2.16 bits per heavy atom.